The molecule has 1 aliphatic carbocycles. The highest BCUT2D eigenvalue weighted by atomic mass is 16.6. The second-order valence-corrected chi connectivity index (χ2v) is 5.36. The number of ether oxygens (including phenoxy) is 1. The molecule has 5 heteroatoms. The number of rotatable bonds is 3. The van der Waals surface area contributed by atoms with Crippen molar-refractivity contribution >= 4 is 6.09 Å². The van der Waals surface area contributed by atoms with E-state index >= 15 is 0 Å². The van der Waals surface area contributed by atoms with Crippen LogP contribution in [0, 0.1) is 5.92 Å². The minimum atomic E-state index is -0.442. The molecule has 0 bridgehead atoms. The van der Waals surface area contributed by atoms with Gasteiger partial charge < -0.3 is 14.9 Å². The van der Waals surface area contributed by atoms with E-state index in [9.17, 15) is 4.79 Å². The minimum Gasteiger partial charge on any atom is -0.444 e. The molecule has 0 aromatic rings. The Morgan fingerprint density at radius 1 is 1.44 bits per heavy atom. The van der Waals surface area contributed by atoms with Crippen LogP contribution in [0.25, 0.3) is 0 Å². The summed E-state index contributed by atoms with van der Waals surface area (Å²) in [6.45, 7) is 6.12. The first-order chi connectivity index (χ1) is 7.40. The van der Waals surface area contributed by atoms with Crippen molar-refractivity contribution in [3.8, 4) is 0 Å². The van der Waals surface area contributed by atoms with Gasteiger partial charge in [-0.1, -0.05) is 0 Å². The first kappa shape index (κ1) is 13.3. The lowest BCUT2D eigenvalue weighted by Gasteiger charge is -2.21. The van der Waals surface area contributed by atoms with E-state index in [1.807, 2.05) is 20.8 Å². The highest BCUT2D eigenvalue weighted by Gasteiger charge is 2.27. The summed E-state index contributed by atoms with van der Waals surface area (Å²) in [5.41, 5.74) is -0.442. The zero-order valence-electron chi connectivity index (χ0n) is 10.3. The van der Waals surface area contributed by atoms with E-state index in [1.165, 1.54) is 0 Å². The molecular formula is C11H22N2O3. The molecule has 94 valence electrons. The number of alkyl carbamates (subject to hydrolysis) is 1. The number of carbonyl (C=O) groups is 1. The van der Waals surface area contributed by atoms with Gasteiger partial charge in [-0.3, -0.25) is 0 Å². The van der Waals surface area contributed by atoms with Crippen LogP contribution in [0.4, 0.5) is 4.79 Å². The number of hydrogen-bond donors (Lipinski definition) is 2. The molecule has 5 nitrogen and oxygen atoms in total. The third-order valence-electron chi connectivity index (χ3n) is 2.59. The van der Waals surface area contributed by atoms with E-state index in [-0.39, 0.29) is 12.1 Å². The van der Waals surface area contributed by atoms with E-state index in [2.05, 4.69) is 10.2 Å². The molecule has 1 saturated carbocycles. The quantitative estimate of drug-likeness (QED) is 0.722. The van der Waals surface area contributed by atoms with Gasteiger partial charge in [0.1, 0.15) is 5.60 Å². The molecule has 0 aliphatic heterocycles. The number of carbonyl (C=O) groups excluding carboxylic acids is 1. The largest absolute Gasteiger partial charge is 0.444 e. The van der Waals surface area contributed by atoms with E-state index in [4.69, 9.17) is 10.6 Å². The van der Waals surface area contributed by atoms with E-state index in [0.717, 1.165) is 19.3 Å². The van der Waals surface area contributed by atoms with Gasteiger partial charge in [0.2, 0.25) is 0 Å². The summed E-state index contributed by atoms with van der Waals surface area (Å²) in [7, 11) is 0. The molecular weight excluding hydrogens is 208 g/mol. The zero-order chi connectivity index (χ0) is 12.2. The van der Waals surface area contributed by atoms with Gasteiger partial charge in [-0.2, -0.15) is 0 Å². The monoisotopic (exact) mass is 230 g/mol. The molecule has 1 aliphatic rings. The second-order valence-electron chi connectivity index (χ2n) is 5.36. The van der Waals surface area contributed by atoms with Crippen molar-refractivity contribution < 1.29 is 14.4 Å². The van der Waals surface area contributed by atoms with Crippen molar-refractivity contribution in [1.29, 1.82) is 0 Å². The van der Waals surface area contributed by atoms with Gasteiger partial charge in [0.25, 0.3) is 0 Å². The van der Waals surface area contributed by atoms with Gasteiger partial charge in [0.05, 0.1) is 6.61 Å². The molecule has 1 amide bonds. The lowest BCUT2D eigenvalue weighted by atomic mass is 10.1. The zero-order valence-corrected chi connectivity index (χ0v) is 10.3. The molecule has 2 atom stereocenters. The Kier molecular flexibility index (Phi) is 4.56. The average Bonchev–Trinajstić information content (AvgIpc) is 2.49. The predicted molar refractivity (Wildman–Crippen MR) is 60.6 cm³/mol. The van der Waals surface area contributed by atoms with Crippen LogP contribution in [0.2, 0.25) is 0 Å². The third-order valence-corrected chi connectivity index (χ3v) is 2.59. The van der Waals surface area contributed by atoms with Crippen LogP contribution in [-0.2, 0) is 9.57 Å². The predicted octanol–water partition coefficient (Wildman–Crippen LogP) is 1.57. The van der Waals surface area contributed by atoms with Gasteiger partial charge >= 0.3 is 6.09 Å². The maximum Gasteiger partial charge on any atom is 0.407 e. The first-order valence-corrected chi connectivity index (χ1v) is 5.72. The molecule has 0 radical (unpaired) electrons. The third kappa shape index (κ3) is 4.81. The fraction of sp³-hybridized carbons (Fsp3) is 0.909. The van der Waals surface area contributed by atoms with Crippen molar-refractivity contribution in [1.82, 2.24) is 5.32 Å². The highest BCUT2D eigenvalue weighted by molar-refractivity contribution is 5.68. The SMILES string of the molecule is CC(C)(C)OC(=O)NC1CCC(CON)C1. The summed E-state index contributed by atoms with van der Waals surface area (Å²) < 4.78 is 5.19. The van der Waals surface area contributed by atoms with Gasteiger partial charge in [0, 0.05) is 6.04 Å². The van der Waals surface area contributed by atoms with Crippen LogP contribution in [0.1, 0.15) is 40.0 Å². The number of amides is 1. The number of nitrogens with one attached hydrogen (secondary N) is 1. The Hall–Kier alpha value is -0.810. The van der Waals surface area contributed by atoms with Crippen LogP contribution in [0.3, 0.4) is 0 Å². The van der Waals surface area contributed by atoms with Gasteiger partial charge in [-0.15, -0.1) is 0 Å². The maximum atomic E-state index is 11.5. The number of nitrogens with two attached hydrogens (primary N) is 1. The summed E-state index contributed by atoms with van der Waals surface area (Å²) in [5.74, 6) is 5.48. The topological polar surface area (TPSA) is 73.6 Å². The van der Waals surface area contributed by atoms with Crippen LogP contribution >= 0.6 is 0 Å². The van der Waals surface area contributed by atoms with Crippen molar-refractivity contribution in [2.75, 3.05) is 6.61 Å². The molecule has 0 aromatic heterocycles. The Labute approximate surface area is 96.6 Å². The fourth-order valence-electron chi connectivity index (χ4n) is 1.97. The highest BCUT2D eigenvalue weighted by Crippen LogP contribution is 2.25. The number of hydrogen-bond acceptors (Lipinski definition) is 4. The normalized spacial score (nSPS) is 25.5. The lowest BCUT2D eigenvalue weighted by molar-refractivity contribution is 0.0501. The molecule has 0 spiro atoms. The molecule has 1 fully saturated rings. The Balaban J connectivity index is 2.26. The Bertz CT molecular complexity index is 238. The Morgan fingerprint density at radius 2 is 2.12 bits per heavy atom. The van der Waals surface area contributed by atoms with Crippen molar-refractivity contribution in [2.45, 2.75) is 51.7 Å². The fourth-order valence-corrected chi connectivity index (χ4v) is 1.97. The van der Waals surface area contributed by atoms with Gasteiger partial charge in [0.15, 0.2) is 0 Å². The van der Waals surface area contributed by atoms with Crippen LogP contribution in [0.15, 0.2) is 0 Å². The Morgan fingerprint density at radius 3 is 2.69 bits per heavy atom. The second kappa shape index (κ2) is 5.50. The van der Waals surface area contributed by atoms with Gasteiger partial charge in [-0.25, -0.2) is 10.7 Å². The van der Waals surface area contributed by atoms with Gasteiger partial charge in [-0.05, 0) is 46.0 Å². The summed E-state index contributed by atoms with van der Waals surface area (Å²) in [4.78, 5) is 16.1. The lowest BCUT2D eigenvalue weighted by Crippen LogP contribution is -2.38. The summed E-state index contributed by atoms with van der Waals surface area (Å²) in [6, 6.07) is 0.190. The molecule has 16 heavy (non-hydrogen) atoms. The van der Waals surface area contributed by atoms with E-state index in [0.29, 0.717) is 12.5 Å². The van der Waals surface area contributed by atoms with Crippen LogP contribution in [0.5, 0.6) is 0 Å². The molecule has 3 N–H and O–H groups in total. The minimum absolute atomic E-state index is 0.190. The van der Waals surface area contributed by atoms with Crippen molar-refractivity contribution in [3.63, 3.8) is 0 Å². The summed E-state index contributed by atoms with van der Waals surface area (Å²) >= 11 is 0. The smallest absolute Gasteiger partial charge is 0.407 e. The summed E-state index contributed by atoms with van der Waals surface area (Å²) in [6.07, 6.45) is 2.58. The maximum absolute atomic E-state index is 11.5. The standard InChI is InChI=1S/C11H22N2O3/c1-11(2,3)16-10(14)13-9-5-4-8(6-9)7-15-12/h8-9H,4-7,12H2,1-3H3,(H,13,14). The molecule has 0 saturated heterocycles. The molecule has 0 aromatic carbocycles. The van der Waals surface area contributed by atoms with Crippen molar-refractivity contribution in [3.05, 3.63) is 0 Å². The molecule has 1 rings (SSSR count). The summed E-state index contributed by atoms with van der Waals surface area (Å²) in [5, 5.41) is 2.87. The average molecular weight is 230 g/mol. The van der Waals surface area contributed by atoms with Crippen LogP contribution < -0.4 is 11.2 Å². The van der Waals surface area contributed by atoms with E-state index < -0.39 is 5.60 Å². The molecule has 0 heterocycles. The van der Waals surface area contributed by atoms with E-state index in [1.54, 1.807) is 0 Å². The van der Waals surface area contributed by atoms with Crippen LogP contribution in [-0.4, -0.2) is 24.3 Å². The molecule has 2 unspecified atom stereocenters. The van der Waals surface area contributed by atoms with Crippen molar-refractivity contribution in [2.24, 2.45) is 11.8 Å². The first-order valence-electron chi connectivity index (χ1n) is 5.72.